The van der Waals surface area contributed by atoms with Gasteiger partial charge < -0.3 is 9.88 Å². The Labute approximate surface area is 158 Å². The van der Waals surface area contributed by atoms with E-state index >= 15 is 0 Å². The number of aromatic nitrogens is 1. The van der Waals surface area contributed by atoms with Crippen LogP contribution in [0.1, 0.15) is 13.3 Å². The predicted octanol–water partition coefficient (Wildman–Crippen LogP) is 2.72. The number of hydrogen-bond donors (Lipinski definition) is 2. The first kappa shape index (κ1) is 19.1. The summed E-state index contributed by atoms with van der Waals surface area (Å²) in [6.07, 6.45) is 0.697. The molecule has 6 nitrogen and oxygen atoms in total. The van der Waals surface area contributed by atoms with Gasteiger partial charge in [-0.3, -0.25) is 4.79 Å². The van der Waals surface area contributed by atoms with Crippen molar-refractivity contribution in [3.8, 4) is 0 Å². The average molecular weight is 385 g/mol. The van der Waals surface area contributed by atoms with Gasteiger partial charge >= 0.3 is 0 Å². The van der Waals surface area contributed by atoms with Crippen LogP contribution in [0.2, 0.25) is 0 Å². The quantitative estimate of drug-likeness (QED) is 0.584. The third-order valence-corrected chi connectivity index (χ3v) is 5.86. The van der Waals surface area contributed by atoms with E-state index in [9.17, 15) is 13.2 Å². The summed E-state index contributed by atoms with van der Waals surface area (Å²) in [5.74, 6) is 0. The van der Waals surface area contributed by atoms with E-state index in [2.05, 4.69) is 21.5 Å². The number of fused-ring (bicyclic) bond motifs is 1. The molecule has 2 N–H and O–H groups in total. The molecule has 7 heteroatoms. The van der Waals surface area contributed by atoms with Crippen molar-refractivity contribution in [2.45, 2.75) is 18.2 Å². The number of H-pyrrole nitrogens is 1. The van der Waals surface area contributed by atoms with Crippen molar-refractivity contribution in [1.82, 2.24) is 9.71 Å². The van der Waals surface area contributed by atoms with Crippen molar-refractivity contribution >= 4 is 26.6 Å². The molecule has 1 aromatic heterocycles. The number of benzene rings is 2. The van der Waals surface area contributed by atoms with Crippen molar-refractivity contribution in [2.75, 3.05) is 24.5 Å². The van der Waals surface area contributed by atoms with E-state index in [-0.39, 0.29) is 10.5 Å². The fourth-order valence-corrected chi connectivity index (χ4v) is 4.08. The van der Waals surface area contributed by atoms with Crippen molar-refractivity contribution in [1.29, 1.82) is 0 Å². The Morgan fingerprint density at radius 3 is 2.56 bits per heavy atom. The lowest BCUT2D eigenvalue weighted by Gasteiger charge is -2.23. The smallest absolute Gasteiger partial charge is 0.248 e. The Bertz CT molecular complexity index is 1060. The highest BCUT2D eigenvalue weighted by Crippen LogP contribution is 2.16. The normalized spacial score (nSPS) is 11.6. The van der Waals surface area contributed by atoms with Crippen LogP contribution in [0.5, 0.6) is 0 Å². The third kappa shape index (κ3) is 4.75. The molecule has 0 saturated carbocycles. The highest BCUT2D eigenvalue weighted by molar-refractivity contribution is 7.89. The van der Waals surface area contributed by atoms with E-state index in [4.69, 9.17) is 0 Å². The van der Waals surface area contributed by atoms with E-state index in [1.807, 2.05) is 30.3 Å². The summed E-state index contributed by atoms with van der Waals surface area (Å²) in [4.78, 5) is 16.4. The van der Waals surface area contributed by atoms with Crippen LogP contribution in [-0.2, 0) is 10.0 Å². The van der Waals surface area contributed by atoms with Gasteiger partial charge in [-0.1, -0.05) is 18.2 Å². The molecule has 3 aromatic rings. The fourth-order valence-electron chi connectivity index (χ4n) is 2.97. The summed E-state index contributed by atoms with van der Waals surface area (Å²) in [6.45, 7) is 4.06. The van der Waals surface area contributed by atoms with Gasteiger partial charge in [-0.2, -0.15) is 0 Å². The topological polar surface area (TPSA) is 82.3 Å². The van der Waals surface area contributed by atoms with Gasteiger partial charge in [-0.25, -0.2) is 13.1 Å². The molecule has 0 spiro atoms. The SMILES string of the molecule is CCN(CCCNS(=O)(=O)c1ccc2[nH]c(=O)ccc2c1)c1ccccc1. The van der Waals surface area contributed by atoms with Crippen molar-refractivity contribution in [2.24, 2.45) is 0 Å². The molecule has 0 aliphatic carbocycles. The van der Waals surface area contributed by atoms with Crippen LogP contribution in [-0.4, -0.2) is 33.0 Å². The van der Waals surface area contributed by atoms with Crippen molar-refractivity contribution in [3.05, 3.63) is 71.0 Å². The standard InChI is InChI=1S/C20H23N3O3S/c1-2-23(17-7-4-3-5-8-17)14-6-13-21-27(25,26)18-10-11-19-16(15-18)9-12-20(24)22-19/h3-5,7-12,15,21H,2,6,13-14H2,1H3,(H,22,24). The molecule has 3 rings (SSSR count). The van der Waals surface area contributed by atoms with Gasteiger partial charge in [0.1, 0.15) is 0 Å². The Kier molecular flexibility index (Phi) is 5.93. The molecule has 0 atom stereocenters. The number of aromatic amines is 1. The lowest BCUT2D eigenvalue weighted by molar-refractivity contribution is 0.578. The Balaban J connectivity index is 1.61. The summed E-state index contributed by atoms with van der Waals surface area (Å²) < 4.78 is 27.7. The second kappa shape index (κ2) is 8.37. The molecule has 0 fully saturated rings. The zero-order valence-corrected chi connectivity index (χ0v) is 16.0. The zero-order chi connectivity index (χ0) is 19.3. The lowest BCUT2D eigenvalue weighted by atomic mass is 10.2. The highest BCUT2D eigenvalue weighted by atomic mass is 32.2. The zero-order valence-electron chi connectivity index (χ0n) is 15.2. The molecule has 0 saturated heterocycles. The van der Waals surface area contributed by atoms with E-state index in [1.54, 1.807) is 18.2 Å². The molecule has 0 radical (unpaired) electrons. The van der Waals surface area contributed by atoms with Crippen molar-refractivity contribution < 1.29 is 8.42 Å². The van der Waals surface area contributed by atoms with E-state index in [0.717, 1.165) is 18.8 Å². The molecular formula is C20H23N3O3S. The minimum absolute atomic E-state index is 0.192. The van der Waals surface area contributed by atoms with Gasteiger partial charge in [0.2, 0.25) is 15.6 Å². The van der Waals surface area contributed by atoms with Gasteiger partial charge in [0.25, 0.3) is 0 Å². The highest BCUT2D eigenvalue weighted by Gasteiger charge is 2.14. The van der Waals surface area contributed by atoms with Gasteiger partial charge in [0.05, 0.1) is 4.90 Å². The molecule has 0 aliphatic heterocycles. The van der Waals surface area contributed by atoms with Gasteiger partial charge in [0, 0.05) is 36.9 Å². The number of pyridine rings is 1. The molecule has 142 valence electrons. The second-order valence-corrected chi connectivity index (χ2v) is 8.01. The molecular weight excluding hydrogens is 362 g/mol. The van der Waals surface area contributed by atoms with Crippen LogP contribution in [0.15, 0.2) is 70.4 Å². The third-order valence-electron chi connectivity index (χ3n) is 4.41. The molecule has 0 unspecified atom stereocenters. The fraction of sp³-hybridized carbons (Fsp3) is 0.250. The number of sulfonamides is 1. The summed E-state index contributed by atoms with van der Waals surface area (Å²) in [5, 5.41) is 0.679. The molecule has 2 aromatic carbocycles. The number of nitrogens with zero attached hydrogens (tertiary/aromatic N) is 1. The predicted molar refractivity (Wildman–Crippen MR) is 109 cm³/mol. The van der Waals surface area contributed by atoms with E-state index < -0.39 is 10.0 Å². The monoisotopic (exact) mass is 385 g/mol. The number of rotatable bonds is 8. The van der Waals surface area contributed by atoms with E-state index in [0.29, 0.717) is 23.9 Å². The Morgan fingerprint density at radius 2 is 1.81 bits per heavy atom. The number of hydrogen-bond acceptors (Lipinski definition) is 4. The summed E-state index contributed by atoms with van der Waals surface area (Å²) in [6, 6.07) is 17.7. The molecule has 27 heavy (non-hydrogen) atoms. The van der Waals surface area contributed by atoms with Gasteiger partial charge in [-0.15, -0.1) is 0 Å². The van der Waals surface area contributed by atoms with Crippen LogP contribution in [0.25, 0.3) is 10.9 Å². The Hall–Kier alpha value is -2.64. The van der Waals surface area contributed by atoms with Crippen LogP contribution in [0.4, 0.5) is 5.69 Å². The molecule has 0 aliphatic rings. The first-order valence-corrected chi connectivity index (χ1v) is 10.4. The Morgan fingerprint density at radius 1 is 1.04 bits per heavy atom. The summed E-state index contributed by atoms with van der Waals surface area (Å²) in [5.41, 5.74) is 1.53. The first-order chi connectivity index (χ1) is 13.0. The maximum Gasteiger partial charge on any atom is 0.248 e. The maximum absolute atomic E-state index is 12.5. The van der Waals surface area contributed by atoms with Crippen molar-refractivity contribution in [3.63, 3.8) is 0 Å². The number of nitrogens with one attached hydrogen (secondary N) is 2. The van der Waals surface area contributed by atoms with Gasteiger partial charge in [0.15, 0.2) is 0 Å². The lowest BCUT2D eigenvalue weighted by Crippen LogP contribution is -2.30. The summed E-state index contributed by atoms with van der Waals surface area (Å²) >= 11 is 0. The molecule has 0 bridgehead atoms. The number of para-hydroxylation sites is 1. The average Bonchev–Trinajstić information content (AvgIpc) is 2.68. The first-order valence-electron chi connectivity index (χ1n) is 8.92. The molecule has 1 heterocycles. The summed E-state index contributed by atoms with van der Waals surface area (Å²) in [7, 11) is -3.59. The van der Waals surface area contributed by atoms with Crippen LogP contribution in [0, 0.1) is 0 Å². The van der Waals surface area contributed by atoms with E-state index in [1.165, 1.54) is 12.1 Å². The molecule has 0 amide bonds. The minimum Gasteiger partial charge on any atom is -0.372 e. The van der Waals surface area contributed by atoms with Crippen LogP contribution >= 0.6 is 0 Å². The van der Waals surface area contributed by atoms with Crippen LogP contribution in [0.3, 0.4) is 0 Å². The minimum atomic E-state index is -3.59. The van der Waals surface area contributed by atoms with Crippen LogP contribution < -0.4 is 15.2 Å². The largest absolute Gasteiger partial charge is 0.372 e. The maximum atomic E-state index is 12.5. The number of anilines is 1. The van der Waals surface area contributed by atoms with Gasteiger partial charge in [-0.05, 0) is 55.1 Å². The second-order valence-electron chi connectivity index (χ2n) is 6.24.